The highest BCUT2D eigenvalue weighted by molar-refractivity contribution is 5.18. The highest BCUT2D eigenvalue weighted by atomic mass is 15.3. The van der Waals surface area contributed by atoms with Crippen LogP contribution in [-0.2, 0) is 0 Å². The summed E-state index contributed by atoms with van der Waals surface area (Å²) in [6.45, 7) is 7.28. The summed E-state index contributed by atoms with van der Waals surface area (Å²) in [5.41, 5.74) is 0. The maximum atomic E-state index is 3.80. The number of fused-ring (bicyclic) bond motifs is 5. The lowest BCUT2D eigenvalue weighted by Crippen LogP contribution is -2.57. The number of nitrogens with zero attached hydrogens (tertiary/aromatic N) is 1. The lowest BCUT2D eigenvalue weighted by Gasteiger charge is -2.41. The van der Waals surface area contributed by atoms with E-state index in [9.17, 15) is 0 Å². The Balaban J connectivity index is 1.46. The largest absolute Gasteiger partial charge is 0.311 e. The predicted octanol–water partition coefficient (Wildman–Crippen LogP) is 2.88. The molecule has 3 aliphatic carbocycles. The second-order valence-electron chi connectivity index (χ2n) is 7.63. The quantitative estimate of drug-likeness (QED) is 0.838. The van der Waals surface area contributed by atoms with Gasteiger partial charge in [-0.15, -0.1) is 0 Å². The van der Waals surface area contributed by atoms with Gasteiger partial charge in [0.1, 0.15) is 0 Å². The van der Waals surface area contributed by atoms with Crippen LogP contribution in [0.25, 0.3) is 0 Å². The number of piperazine rings is 1. The van der Waals surface area contributed by atoms with Gasteiger partial charge in [0.2, 0.25) is 0 Å². The first-order valence-corrected chi connectivity index (χ1v) is 8.82. The van der Waals surface area contributed by atoms with Crippen molar-refractivity contribution in [2.45, 2.75) is 70.5 Å². The third-order valence-electron chi connectivity index (χ3n) is 6.73. The molecule has 108 valence electrons. The van der Waals surface area contributed by atoms with E-state index in [4.69, 9.17) is 0 Å². The molecule has 0 aromatic heterocycles. The molecule has 4 aliphatic rings. The summed E-state index contributed by atoms with van der Waals surface area (Å²) in [4.78, 5) is 2.96. The molecule has 0 aromatic rings. The average Bonchev–Trinajstić information content (AvgIpc) is 2.86. The second kappa shape index (κ2) is 4.73. The molecule has 4 fully saturated rings. The molecule has 6 atom stereocenters. The van der Waals surface area contributed by atoms with E-state index in [0.29, 0.717) is 0 Å². The molecule has 4 rings (SSSR count). The van der Waals surface area contributed by atoms with Crippen LogP contribution in [0.4, 0.5) is 0 Å². The first-order chi connectivity index (χ1) is 9.33. The van der Waals surface area contributed by atoms with Gasteiger partial charge in [-0.1, -0.05) is 20.3 Å². The minimum Gasteiger partial charge on any atom is -0.311 e. The molecular formula is C17H30N2. The van der Waals surface area contributed by atoms with Gasteiger partial charge in [-0.3, -0.25) is 4.90 Å². The second-order valence-corrected chi connectivity index (χ2v) is 7.63. The monoisotopic (exact) mass is 262 g/mol. The summed E-state index contributed by atoms with van der Waals surface area (Å²) in [6, 6.07) is 2.59. The lowest BCUT2D eigenvalue weighted by atomic mass is 9.99. The molecule has 2 bridgehead atoms. The molecule has 0 aromatic carbocycles. The molecule has 2 heteroatoms. The van der Waals surface area contributed by atoms with Crippen LogP contribution in [0.5, 0.6) is 0 Å². The van der Waals surface area contributed by atoms with E-state index in [1.807, 2.05) is 0 Å². The molecule has 1 aliphatic heterocycles. The van der Waals surface area contributed by atoms with Crippen molar-refractivity contribution in [1.82, 2.24) is 10.2 Å². The lowest BCUT2D eigenvalue weighted by molar-refractivity contribution is 0.0951. The van der Waals surface area contributed by atoms with Crippen LogP contribution in [0.15, 0.2) is 0 Å². The zero-order chi connectivity index (χ0) is 13.0. The SMILES string of the molecule is CCCC1CN(C2C3C4CCC(C4)C32)C(CC)CN1. The van der Waals surface area contributed by atoms with Crippen LogP contribution in [-0.4, -0.2) is 36.1 Å². The van der Waals surface area contributed by atoms with Gasteiger partial charge in [-0.05, 0) is 55.8 Å². The van der Waals surface area contributed by atoms with Gasteiger partial charge in [0.05, 0.1) is 0 Å². The molecule has 1 saturated heterocycles. The Bertz CT molecular complexity index is 326. The molecule has 0 radical (unpaired) electrons. The van der Waals surface area contributed by atoms with Crippen molar-refractivity contribution in [3.63, 3.8) is 0 Å². The normalized spacial score (nSPS) is 52.4. The van der Waals surface area contributed by atoms with E-state index >= 15 is 0 Å². The van der Waals surface area contributed by atoms with Crippen molar-refractivity contribution in [1.29, 1.82) is 0 Å². The van der Waals surface area contributed by atoms with E-state index in [1.165, 1.54) is 32.4 Å². The third kappa shape index (κ3) is 1.90. The highest BCUT2D eigenvalue weighted by Gasteiger charge is 2.67. The Kier molecular flexibility index (Phi) is 3.15. The fraction of sp³-hybridized carbons (Fsp3) is 1.00. The number of hydrogen-bond acceptors (Lipinski definition) is 2. The van der Waals surface area contributed by atoms with Crippen LogP contribution in [0, 0.1) is 23.7 Å². The van der Waals surface area contributed by atoms with Gasteiger partial charge in [0.25, 0.3) is 0 Å². The van der Waals surface area contributed by atoms with Crippen molar-refractivity contribution in [2.24, 2.45) is 23.7 Å². The zero-order valence-corrected chi connectivity index (χ0v) is 12.6. The Hall–Kier alpha value is -0.0800. The standard InChI is InChI=1S/C17H30N2/c1-3-5-13-10-19(14(4-2)9-18-13)17-15-11-6-7-12(8-11)16(15)17/h11-18H,3-10H2,1-2H3. The minimum absolute atomic E-state index is 0.770. The summed E-state index contributed by atoms with van der Waals surface area (Å²) < 4.78 is 0. The summed E-state index contributed by atoms with van der Waals surface area (Å²) in [5.74, 6) is 4.48. The molecule has 0 spiro atoms. The molecular weight excluding hydrogens is 232 g/mol. The van der Waals surface area contributed by atoms with Gasteiger partial charge in [0, 0.05) is 31.2 Å². The molecule has 0 amide bonds. The summed E-state index contributed by atoms with van der Waals surface area (Å²) in [5, 5.41) is 3.80. The zero-order valence-electron chi connectivity index (χ0n) is 12.6. The maximum absolute atomic E-state index is 3.80. The molecule has 1 N–H and O–H groups in total. The molecule has 6 unspecified atom stereocenters. The van der Waals surface area contributed by atoms with Crippen molar-refractivity contribution in [3.8, 4) is 0 Å². The Morgan fingerprint density at radius 1 is 1.11 bits per heavy atom. The van der Waals surface area contributed by atoms with E-state index in [0.717, 1.165) is 41.8 Å². The number of rotatable bonds is 4. The fourth-order valence-corrected chi connectivity index (χ4v) is 5.90. The smallest absolute Gasteiger partial charge is 0.0221 e. The van der Waals surface area contributed by atoms with E-state index in [-0.39, 0.29) is 0 Å². The topological polar surface area (TPSA) is 15.3 Å². The number of nitrogens with one attached hydrogen (secondary N) is 1. The Morgan fingerprint density at radius 2 is 1.84 bits per heavy atom. The van der Waals surface area contributed by atoms with Gasteiger partial charge in [0.15, 0.2) is 0 Å². The van der Waals surface area contributed by atoms with Gasteiger partial charge in [-0.25, -0.2) is 0 Å². The van der Waals surface area contributed by atoms with Crippen molar-refractivity contribution in [2.75, 3.05) is 13.1 Å². The number of hydrogen-bond donors (Lipinski definition) is 1. The summed E-state index contributed by atoms with van der Waals surface area (Å²) in [7, 11) is 0. The molecule has 19 heavy (non-hydrogen) atoms. The average molecular weight is 262 g/mol. The maximum Gasteiger partial charge on any atom is 0.0221 e. The Morgan fingerprint density at radius 3 is 2.47 bits per heavy atom. The predicted molar refractivity (Wildman–Crippen MR) is 79.1 cm³/mol. The first-order valence-electron chi connectivity index (χ1n) is 8.82. The van der Waals surface area contributed by atoms with Gasteiger partial charge >= 0.3 is 0 Å². The summed E-state index contributed by atoms with van der Waals surface area (Å²) in [6.07, 6.45) is 8.73. The van der Waals surface area contributed by atoms with Crippen LogP contribution in [0.1, 0.15) is 52.4 Å². The molecule has 2 nitrogen and oxygen atoms in total. The minimum atomic E-state index is 0.770. The fourth-order valence-electron chi connectivity index (χ4n) is 5.90. The Labute approximate surface area is 118 Å². The van der Waals surface area contributed by atoms with Crippen LogP contribution >= 0.6 is 0 Å². The van der Waals surface area contributed by atoms with Gasteiger partial charge in [-0.2, -0.15) is 0 Å². The van der Waals surface area contributed by atoms with Gasteiger partial charge < -0.3 is 5.32 Å². The molecule has 1 heterocycles. The van der Waals surface area contributed by atoms with Crippen LogP contribution in [0.2, 0.25) is 0 Å². The van der Waals surface area contributed by atoms with E-state index in [1.54, 1.807) is 19.3 Å². The molecule has 3 saturated carbocycles. The van der Waals surface area contributed by atoms with E-state index < -0.39 is 0 Å². The van der Waals surface area contributed by atoms with Crippen molar-refractivity contribution >= 4 is 0 Å². The van der Waals surface area contributed by atoms with Crippen LogP contribution in [0.3, 0.4) is 0 Å². The highest BCUT2D eigenvalue weighted by Crippen LogP contribution is 2.67. The first kappa shape index (κ1) is 12.6. The van der Waals surface area contributed by atoms with Crippen molar-refractivity contribution < 1.29 is 0 Å². The van der Waals surface area contributed by atoms with Crippen molar-refractivity contribution in [3.05, 3.63) is 0 Å². The summed E-state index contributed by atoms with van der Waals surface area (Å²) >= 11 is 0. The van der Waals surface area contributed by atoms with Crippen LogP contribution < -0.4 is 5.32 Å². The van der Waals surface area contributed by atoms with E-state index in [2.05, 4.69) is 24.1 Å². The third-order valence-corrected chi connectivity index (χ3v) is 6.73.